The van der Waals surface area contributed by atoms with Crippen molar-refractivity contribution in [3.05, 3.63) is 0 Å². The smallest absolute Gasteiger partial charge is 0.283 e. The van der Waals surface area contributed by atoms with Crippen molar-refractivity contribution in [2.75, 3.05) is 25.6 Å². The number of ether oxygens (including phenoxy) is 3. The zero-order valence-corrected chi connectivity index (χ0v) is 15.4. The molecule has 4 heteroatoms. The summed E-state index contributed by atoms with van der Waals surface area (Å²) in [7, 11) is 0. The van der Waals surface area contributed by atoms with Crippen LogP contribution < -0.4 is 0 Å². The van der Waals surface area contributed by atoms with Crippen LogP contribution in [0.5, 0.6) is 0 Å². The molecule has 0 aliphatic carbocycles. The Kier molecular flexibility index (Phi) is 14.0. The summed E-state index contributed by atoms with van der Waals surface area (Å²) >= 11 is 4.51. The third-order valence-corrected chi connectivity index (χ3v) is 4.12. The highest BCUT2D eigenvalue weighted by Gasteiger charge is 2.35. The summed E-state index contributed by atoms with van der Waals surface area (Å²) in [5, 5.41) is 0. The normalized spacial score (nSPS) is 13.6. The van der Waals surface area contributed by atoms with Gasteiger partial charge in [-0.15, -0.1) is 0 Å². The zero-order chi connectivity index (χ0) is 16.0. The molecule has 0 radical (unpaired) electrons. The quantitative estimate of drug-likeness (QED) is 0.260. The van der Waals surface area contributed by atoms with E-state index in [4.69, 9.17) is 14.2 Å². The minimum Gasteiger partial charge on any atom is -0.328 e. The Morgan fingerprint density at radius 1 is 0.810 bits per heavy atom. The van der Waals surface area contributed by atoms with E-state index in [0.29, 0.717) is 25.7 Å². The second-order valence-corrected chi connectivity index (χ2v) is 5.80. The number of rotatable bonds is 15. The van der Waals surface area contributed by atoms with Crippen molar-refractivity contribution in [3.8, 4) is 0 Å². The maximum absolute atomic E-state index is 5.81. The first-order chi connectivity index (χ1) is 10.2. The molecule has 0 aromatic heterocycles. The van der Waals surface area contributed by atoms with E-state index in [9.17, 15) is 0 Å². The molecule has 0 rings (SSSR count). The molecule has 0 saturated carbocycles. The fraction of sp³-hybridized carbons (Fsp3) is 1.00. The van der Waals surface area contributed by atoms with Gasteiger partial charge in [0.15, 0.2) is 0 Å². The molecule has 0 heterocycles. The topological polar surface area (TPSA) is 27.7 Å². The van der Waals surface area contributed by atoms with E-state index in [1.165, 1.54) is 38.5 Å². The Morgan fingerprint density at radius 2 is 1.33 bits per heavy atom. The van der Waals surface area contributed by atoms with Gasteiger partial charge in [-0.25, -0.2) is 0 Å². The van der Waals surface area contributed by atoms with Crippen LogP contribution in [0.15, 0.2) is 0 Å². The minimum absolute atomic E-state index is 0.472. The molecular formula is C17H36O3S. The van der Waals surface area contributed by atoms with Gasteiger partial charge in [0.05, 0.1) is 0 Å². The van der Waals surface area contributed by atoms with Crippen molar-refractivity contribution in [2.45, 2.75) is 78.6 Å². The Balaban J connectivity index is 4.39. The predicted molar refractivity (Wildman–Crippen MR) is 92.9 cm³/mol. The molecule has 128 valence electrons. The molecular weight excluding hydrogens is 284 g/mol. The van der Waals surface area contributed by atoms with Crippen LogP contribution in [-0.4, -0.2) is 31.5 Å². The van der Waals surface area contributed by atoms with Gasteiger partial charge in [-0.05, 0) is 38.9 Å². The highest BCUT2D eigenvalue weighted by Crippen LogP contribution is 2.29. The van der Waals surface area contributed by atoms with Gasteiger partial charge in [-0.1, -0.05) is 39.0 Å². The average Bonchev–Trinajstić information content (AvgIpc) is 2.46. The summed E-state index contributed by atoms with van der Waals surface area (Å²) in [5.41, 5.74) is 0. The second-order valence-electron chi connectivity index (χ2n) is 5.44. The molecule has 0 bridgehead atoms. The first kappa shape index (κ1) is 21.2. The van der Waals surface area contributed by atoms with E-state index >= 15 is 0 Å². The first-order valence-electron chi connectivity index (χ1n) is 8.70. The van der Waals surface area contributed by atoms with Crippen LogP contribution in [0.4, 0.5) is 0 Å². The number of thiol groups is 1. The molecule has 0 aliphatic rings. The first-order valence-corrected chi connectivity index (χ1v) is 9.33. The molecule has 21 heavy (non-hydrogen) atoms. The van der Waals surface area contributed by atoms with E-state index in [2.05, 4.69) is 19.6 Å². The molecule has 3 nitrogen and oxygen atoms in total. The van der Waals surface area contributed by atoms with Crippen LogP contribution in [0.3, 0.4) is 0 Å². The number of hydrogen-bond donors (Lipinski definition) is 1. The molecule has 1 unspecified atom stereocenters. The van der Waals surface area contributed by atoms with E-state index < -0.39 is 5.97 Å². The lowest BCUT2D eigenvalue weighted by atomic mass is 9.97. The second kappa shape index (κ2) is 13.9. The SMILES string of the molecule is CCCCCCCC(CS)CC(OCC)(OCC)OCC. The average molecular weight is 321 g/mol. The standard InChI is InChI=1S/C17H36O3S/c1-5-9-10-11-12-13-16(15-21)14-17(18-6-2,19-7-3)20-8-4/h16,21H,5-15H2,1-4H3. The number of unbranched alkanes of at least 4 members (excludes halogenated alkanes) is 4. The van der Waals surface area contributed by atoms with Gasteiger partial charge in [-0.3, -0.25) is 0 Å². The summed E-state index contributed by atoms with van der Waals surface area (Å²) in [6.07, 6.45) is 8.46. The van der Waals surface area contributed by atoms with Crippen molar-refractivity contribution in [1.82, 2.24) is 0 Å². The molecule has 0 amide bonds. The lowest BCUT2D eigenvalue weighted by Crippen LogP contribution is -2.41. The Morgan fingerprint density at radius 3 is 1.76 bits per heavy atom. The third kappa shape index (κ3) is 9.77. The molecule has 0 aromatic carbocycles. The van der Waals surface area contributed by atoms with Gasteiger partial charge >= 0.3 is 0 Å². The van der Waals surface area contributed by atoms with Gasteiger partial charge in [0.2, 0.25) is 0 Å². The molecule has 0 aromatic rings. The lowest BCUT2D eigenvalue weighted by molar-refractivity contribution is -0.383. The van der Waals surface area contributed by atoms with Gasteiger partial charge in [0.1, 0.15) is 0 Å². The van der Waals surface area contributed by atoms with Crippen LogP contribution >= 0.6 is 12.6 Å². The molecule has 0 fully saturated rings. The minimum atomic E-state index is -0.880. The number of hydrogen-bond acceptors (Lipinski definition) is 4. The summed E-state index contributed by atoms with van der Waals surface area (Å²) in [4.78, 5) is 0. The third-order valence-electron chi connectivity index (χ3n) is 3.61. The van der Waals surface area contributed by atoms with E-state index in [-0.39, 0.29) is 0 Å². The maximum atomic E-state index is 5.81. The van der Waals surface area contributed by atoms with Gasteiger partial charge < -0.3 is 14.2 Å². The van der Waals surface area contributed by atoms with E-state index in [0.717, 1.165) is 12.2 Å². The van der Waals surface area contributed by atoms with Crippen LogP contribution in [0.25, 0.3) is 0 Å². The van der Waals surface area contributed by atoms with E-state index in [1.54, 1.807) is 0 Å². The lowest BCUT2D eigenvalue weighted by Gasteiger charge is -2.35. The van der Waals surface area contributed by atoms with Gasteiger partial charge in [0, 0.05) is 26.2 Å². The van der Waals surface area contributed by atoms with Crippen molar-refractivity contribution in [1.29, 1.82) is 0 Å². The Labute approximate surface area is 137 Å². The molecule has 0 spiro atoms. The van der Waals surface area contributed by atoms with Crippen LogP contribution in [0.1, 0.15) is 72.6 Å². The monoisotopic (exact) mass is 320 g/mol. The molecule has 0 saturated heterocycles. The van der Waals surface area contributed by atoms with Gasteiger partial charge in [0.25, 0.3) is 5.97 Å². The van der Waals surface area contributed by atoms with Crippen LogP contribution in [-0.2, 0) is 14.2 Å². The summed E-state index contributed by atoms with van der Waals surface area (Å²) < 4.78 is 17.4. The van der Waals surface area contributed by atoms with Crippen LogP contribution in [0, 0.1) is 5.92 Å². The fourth-order valence-corrected chi connectivity index (χ4v) is 2.92. The highest BCUT2D eigenvalue weighted by molar-refractivity contribution is 7.80. The van der Waals surface area contributed by atoms with Crippen molar-refractivity contribution < 1.29 is 14.2 Å². The van der Waals surface area contributed by atoms with E-state index in [1.807, 2.05) is 20.8 Å². The Bertz CT molecular complexity index is 207. The molecule has 0 N–H and O–H groups in total. The van der Waals surface area contributed by atoms with Crippen molar-refractivity contribution >= 4 is 12.6 Å². The summed E-state index contributed by atoms with van der Waals surface area (Å²) in [6, 6.07) is 0. The van der Waals surface area contributed by atoms with Crippen LogP contribution in [0.2, 0.25) is 0 Å². The van der Waals surface area contributed by atoms with Crippen molar-refractivity contribution in [2.24, 2.45) is 5.92 Å². The fourth-order valence-electron chi connectivity index (χ4n) is 2.61. The van der Waals surface area contributed by atoms with Gasteiger partial charge in [-0.2, -0.15) is 12.6 Å². The maximum Gasteiger partial charge on any atom is 0.283 e. The highest BCUT2D eigenvalue weighted by atomic mass is 32.1. The predicted octanol–water partition coefficient (Wildman–Crippen LogP) is 5.05. The molecule has 0 aliphatic heterocycles. The zero-order valence-electron chi connectivity index (χ0n) is 14.5. The van der Waals surface area contributed by atoms with Crippen molar-refractivity contribution in [3.63, 3.8) is 0 Å². The Hall–Kier alpha value is 0.230. The molecule has 1 atom stereocenters. The summed E-state index contributed by atoms with van der Waals surface area (Å²) in [5.74, 6) is 0.442. The summed E-state index contributed by atoms with van der Waals surface area (Å²) in [6.45, 7) is 9.96. The largest absolute Gasteiger partial charge is 0.328 e.